The van der Waals surface area contributed by atoms with Gasteiger partial charge in [0.1, 0.15) is 11.5 Å². The van der Waals surface area contributed by atoms with Crippen molar-refractivity contribution in [1.29, 1.82) is 0 Å². The SMILES string of the molecule is COc1ccc(C#CCNC(=O)NCc2ccc(OC)cc2)cc1. The van der Waals surface area contributed by atoms with Crippen LogP contribution in [0.2, 0.25) is 0 Å². The highest BCUT2D eigenvalue weighted by atomic mass is 16.5. The average molecular weight is 324 g/mol. The Bertz CT molecular complexity index is 713. The Morgan fingerprint density at radius 1 is 0.917 bits per heavy atom. The van der Waals surface area contributed by atoms with Crippen molar-refractivity contribution < 1.29 is 14.3 Å². The van der Waals surface area contributed by atoms with E-state index in [-0.39, 0.29) is 12.6 Å². The maximum atomic E-state index is 11.7. The van der Waals surface area contributed by atoms with Gasteiger partial charge in [-0.2, -0.15) is 0 Å². The molecular formula is C19H20N2O3. The molecule has 0 radical (unpaired) electrons. The molecule has 24 heavy (non-hydrogen) atoms. The lowest BCUT2D eigenvalue weighted by Crippen LogP contribution is -2.35. The second-order valence-corrected chi connectivity index (χ2v) is 4.91. The molecule has 5 nitrogen and oxygen atoms in total. The summed E-state index contributed by atoms with van der Waals surface area (Å²) in [6.45, 7) is 0.724. The summed E-state index contributed by atoms with van der Waals surface area (Å²) < 4.78 is 10.2. The van der Waals surface area contributed by atoms with Crippen molar-refractivity contribution in [3.05, 3.63) is 59.7 Å². The van der Waals surface area contributed by atoms with E-state index in [0.29, 0.717) is 6.54 Å². The topological polar surface area (TPSA) is 59.6 Å². The van der Waals surface area contributed by atoms with Gasteiger partial charge >= 0.3 is 6.03 Å². The van der Waals surface area contributed by atoms with E-state index in [0.717, 1.165) is 22.6 Å². The fourth-order valence-corrected chi connectivity index (χ4v) is 1.93. The smallest absolute Gasteiger partial charge is 0.315 e. The highest BCUT2D eigenvalue weighted by Gasteiger charge is 1.99. The largest absolute Gasteiger partial charge is 0.497 e. The fourth-order valence-electron chi connectivity index (χ4n) is 1.93. The minimum Gasteiger partial charge on any atom is -0.497 e. The van der Waals surface area contributed by atoms with Crippen LogP contribution in [0.3, 0.4) is 0 Å². The maximum Gasteiger partial charge on any atom is 0.315 e. The molecule has 0 aromatic heterocycles. The first kappa shape index (κ1) is 17.2. The predicted octanol–water partition coefficient (Wildman–Crippen LogP) is 2.55. The lowest BCUT2D eigenvalue weighted by Gasteiger charge is -2.06. The van der Waals surface area contributed by atoms with E-state index < -0.39 is 0 Å². The number of benzene rings is 2. The molecule has 0 spiro atoms. The van der Waals surface area contributed by atoms with Crippen molar-refractivity contribution in [2.75, 3.05) is 20.8 Å². The maximum absolute atomic E-state index is 11.7. The molecule has 0 heterocycles. The van der Waals surface area contributed by atoms with Gasteiger partial charge in [-0.15, -0.1) is 0 Å². The van der Waals surface area contributed by atoms with Gasteiger partial charge in [0.25, 0.3) is 0 Å². The fraction of sp³-hybridized carbons (Fsp3) is 0.211. The number of hydrogen-bond acceptors (Lipinski definition) is 3. The summed E-state index contributed by atoms with van der Waals surface area (Å²) in [7, 11) is 3.24. The van der Waals surface area contributed by atoms with Crippen LogP contribution in [0, 0.1) is 11.8 Å². The second-order valence-electron chi connectivity index (χ2n) is 4.91. The zero-order valence-electron chi connectivity index (χ0n) is 13.8. The predicted molar refractivity (Wildman–Crippen MR) is 93.1 cm³/mol. The van der Waals surface area contributed by atoms with Gasteiger partial charge in [0.15, 0.2) is 0 Å². The molecule has 0 bridgehead atoms. The molecular weight excluding hydrogens is 304 g/mol. The van der Waals surface area contributed by atoms with Crippen LogP contribution in [0.15, 0.2) is 48.5 Å². The number of carbonyl (C=O) groups excluding carboxylic acids is 1. The minimum absolute atomic E-state index is 0.255. The molecule has 2 N–H and O–H groups in total. The second kappa shape index (κ2) is 9.11. The Kier molecular flexibility index (Phi) is 6.54. The summed E-state index contributed by atoms with van der Waals surface area (Å²) in [5.41, 5.74) is 1.87. The van der Waals surface area contributed by atoms with E-state index in [1.807, 2.05) is 48.5 Å². The lowest BCUT2D eigenvalue weighted by molar-refractivity contribution is 0.241. The first-order chi connectivity index (χ1) is 11.7. The van der Waals surface area contributed by atoms with Crippen LogP contribution in [0.5, 0.6) is 11.5 Å². The number of urea groups is 1. The van der Waals surface area contributed by atoms with E-state index in [2.05, 4.69) is 22.5 Å². The molecule has 0 fully saturated rings. The molecule has 2 aromatic rings. The standard InChI is InChI=1S/C19H20N2O3/c1-23-17-9-5-15(6-10-17)4-3-13-20-19(22)21-14-16-7-11-18(24-2)12-8-16/h5-12H,13-14H2,1-2H3,(H2,20,21,22). The number of methoxy groups -OCH3 is 2. The number of carbonyl (C=O) groups is 1. The first-order valence-corrected chi connectivity index (χ1v) is 7.49. The Hall–Kier alpha value is -3.13. The monoisotopic (exact) mass is 324 g/mol. The molecule has 0 aliphatic heterocycles. The summed E-state index contributed by atoms with van der Waals surface area (Å²) >= 11 is 0. The van der Waals surface area contributed by atoms with Gasteiger partial charge in [0.05, 0.1) is 20.8 Å². The van der Waals surface area contributed by atoms with Crippen molar-refractivity contribution in [2.45, 2.75) is 6.54 Å². The minimum atomic E-state index is -0.255. The Labute approximate surface area is 142 Å². The number of nitrogens with one attached hydrogen (secondary N) is 2. The zero-order valence-corrected chi connectivity index (χ0v) is 13.8. The van der Waals surface area contributed by atoms with E-state index in [4.69, 9.17) is 9.47 Å². The summed E-state index contributed by atoms with van der Waals surface area (Å²) in [6.07, 6.45) is 0. The van der Waals surface area contributed by atoms with Crippen LogP contribution in [-0.4, -0.2) is 26.8 Å². The van der Waals surface area contributed by atoms with Gasteiger partial charge in [-0.25, -0.2) is 4.79 Å². The van der Waals surface area contributed by atoms with Gasteiger partial charge in [-0.05, 0) is 42.0 Å². The van der Waals surface area contributed by atoms with Crippen molar-refractivity contribution in [3.63, 3.8) is 0 Å². The van der Waals surface area contributed by atoms with E-state index >= 15 is 0 Å². The van der Waals surface area contributed by atoms with Crippen molar-refractivity contribution in [1.82, 2.24) is 10.6 Å². The molecule has 2 aromatic carbocycles. The highest BCUT2D eigenvalue weighted by molar-refractivity contribution is 5.74. The van der Waals surface area contributed by atoms with Gasteiger partial charge in [0.2, 0.25) is 0 Å². The van der Waals surface area contributed by atoms with E-state index in [9.17, 15) is 4.79 Å². The number of amides is 2. The molecule has 2 amide bonds. The molecule has 124 valence electrons. The first-order valence-electron chi connectivity index (χ1n) is 7.49. The van der Waals surface area contributed by atoms with Crippen LogP contribution in [0.25, 0.3) is 0 Å². The molecule has 2 rings (SSSR count). The number of ether oxygens (including phenoxy) is 2. The molecule has 0 saturated heterocycles. The van der Waals surface area contributed by atoms with Crippen molar-refractivity contribution >= 4 is 6.03 Å². The summed E-state index contributed by atoms with van der Waals surface area (Å²) in [6, 6.07) is 14.7. The van der Waals surface area contributed by atoms with Crippen LogP contribution in [0.1, 0.15) is 11.1 Å². The Morgan fingerprint density at radius 2 is 1.50 bits per heavy atom. The van der Waals surface area contributed by atoms with Crippen LogP contribution in [0.4, 0.5) is 4.79 Å². The van der Waals surface area contributed by atoms with Gasteiger partial charge < -0.3 is 20.1 Å². The van der Waals surface area contributed by atoms with Crippen molar-refractivity contribution in [2.24, 2.45) is 0 Å². The van der Waals surface area contributed by atoms with E-state index in [1.165, 1.54) is 0 Å². The van der Waals surface area contributed by atoms with Gasteiger partial charge in [-0.3, -0.25) is 0 Å². The Morgan fingerprint density at radius 3 is 2.08 bits per heavy atom. The molecule has 0 unspecified atom stereocenters. The van der Waals surface area contributed by atoms with Crippen LogP contribution < -0.4 is 20.1 Å². The third kappa shape index (κ3) is 5.58. The molecule has 0 saturated carbocycles. The quantitative estimate of drug-likeness (QED) is 0.831. The molecule has 5 heteroatoms. The van der Waals surface area contributed by atoms with Crippen molar-refractivity contribution in [3.8, 4) is 23.3 Å². The molecule has 0 aliphatic rings. The highest BCUT2D eigenvalue weighted by Crippen LogP contribution is 2.11. The zero-order chi connectivity index (χ0) is 17.2. The van der Waals surface area contributed by atoms with Gasteiger partial charge in [-0.1, -0.05) is 24.0 Å². The van der Waals surface area contributed by atoms with Gasteiger partial charge in [0, 0.05) is 12.1 Å². The van der Waals surface area contributed by atoms with Crippen LogP contribution >= 0.6 is 0 Å². The Balaban J connectivity index is 1.71. The molecule has 0 aliphatic carbocycles. The lowest BCUT2D eigenvalue weighted by atomic mass is 10.2. The molecule has 0 atom stereocenters. The number of rotatable bonds is 5. The summed E-state index contributed by atoms with van der Waals surface area (Å²) in [4.78, 5) is 11.7. The van der Waals surface area contributed by atoms with Crippen LogP contribution in [-0.2, 0) is 6.54 Å². The summed E-state index contributed by atoms with van der Waals surface area (Å²) in [5.74, 6) is 7.46. The summed E-state index contributed by atoms with van der Waals surface area (Å²) in [5, 5.41) is 5.47. The third-order valence-corrected chi connectivity index (χ3v) is 3.27. The number of hydrogen-bond donors (Lipinski definition) is 2. The normalized spacial score (nSPS) is 9.42. The van der Waals surface area contributed by atoms with E-state index in [1.54, 1.807) is 14.2 Å². The third-order valence-electron chi connectivity index (χ3n) is 3.27. The average Bonchev–Trinajstić information content (AvgIpc) is 2.64.